The molecule has 0 bridgehead atoms. The first-order valence-electron chi connectivity index (χ1n) is 7.78. The maximum absolute atomic E-state index is 12.8. The summed E-state index contributed by atoms with van der Waals surface area (Å²) in [6.07, 6.45) is -5.26. The fourth-order valence-corrected chi connectivity index (χ4v) is 2.22. The van der Waals surface area contributed by atoms with Crippen LogP contribution in [-0.2, 0) is 11.2 Å². The Kier molecular flexibility index (Phi) is 6.57. The third-order valence-corrected chi connectivity index (χ3v) is 3.55. The van der Waals surface area contributed by atoms with Crippen LogP contribution < -0.4 is 10.1 Å². The average molecular weight is 371 g/mol. The zero-order valence-corrected chi connectivity index (χ0v) is 13.6. The Hall–Kier alpha value is -2.61. The van der Waals surface area contributed by atoms with Crippen molar-refractivity contribution in [3.8, 4) is 5.75 Å². The van der Waals surface area contributed by atoms with Crippen molar-refractivity contribution >= 4 is 5.91 Å². The molecule has 0 aromatic heterocycles. The van der Waals surface area contributed by atoms with Crippen molar-refractivity contribution < 1.29 is 32.2 Å². The van der Waals surface area contributed by atoms with E-state index in [0.29, 0.717) is 12.0 Å². The smallest absolute Gasteiger partial charge is 0.406 e. The van der Waals surface area contributed by atoms with E-state index in [0.717, 1.165) is 17.7 Å². The van der Waals surface area contributed by atoms with E-state index in [9.17, 15) is 27.5 Å². The van der Waals surface area contributed by atoms with Crippen LogP contribution in [0.2, 0.25) is 0 Å². The largest absolute Gasteiger partial charge is 0.573 e. The van der Waals surface area contributed by atoms with Crippen LogP contribution in [0, 0.1) is 5.82 Å². The van der Waals surface area contributed by atoms with Gasteiger partial charge in [0.05, 0.1) is 6.10 Å². The van der Waals surface area contributed by atoms with Crippen molar-refractivity contribution in [3.05, 3.63) is 65.5 Å². The summed E-state index contributed by atoms with van der Waals surface area (Å²) >= 11 is 0. The molecule has 8 heteroatoms. The number of halogens is 4. The molecule has 2 N–H and O–H groups in total. The Bertz CT molecular complexity index is 715. The minimum absolute atomic E-state index is 0.0816. The van der Waals surface area contributed by atoms with Crippen molar-refractivity contribution in [3.63, 3.8) is 0 Å². The highest BCUT2D eigenvalue weighted by Crippen LogP contribution is 2.24. The number of hydrogen-bond acceptors (Lipinski definition) is 3. The normalized spacial score (nSPS) is 12.5. The first-order chi connectivity index (χ1) is 12.2. The molecule has 2 aromatic carbocycles. The van der Waals surface area contributed by atoms with Gasteiger partial charge < -0.3 is 15.2 Å². The molecule has 0 saturated carbocycles. The Balaban J connectivity index is 1.77. The fourth-order valence-electron chi connectivity index (χ4n) is 2.22. The first kappa shape index (κ1) is 19.7. The van der Waals surface area contributed by atoms with Crippen LogP contribution in [0.15, 0.2) is 48.5 Å². The van der Waals surface area contributed by atoms with Gasteiger partial charge in [0.2, 0.25) is 5.91 Å². The number of alkyl halides is 3. The van der Waals surface area contributed by atoms with Gasteiger partial charge in [-0.25, -0.2) is 4.39 Å². The van der Waals surface area contributed by atoms with Crippen LogP contribution in [0.3, 0.4) is 0 Å². The number of hydrogen-bond donors (Lipinski definition) is 2. The number of aliphatic hydroxyl groups is 1. The number of nitrogens with one attached hydrogen (secondary N) is 1. The first-order valence-corrected chi connectivity index (χ1v) is 7.78. The molecular formula is C18H17F4NO3. The van der Waals surface area contributed by atoms with Crippen molar-refractivity contribution in [2.45, 2.75) is 25.3 Å². The quantitative estimate of drug-likeness (QED) is 0.733. The summed E-state index contributed by atoms with van der Waals surface area (Å²) in [4.78, 5) is 11.8. The lowest BCUT2D eigenvalue weighted by Gasteiger charge is -2.14. The Labute approximate surface area is 147 Å². The van der Waals surface area contributed by atoms with Gasteiger partial charge in [0, 0.05) is 13.0 Å². The number of aliphatic hydroxyl groups excluding tert-OH is 1. The summed E-state index contributed by atoms with van der Waals surface area (Å²) in [7, 11) is 0. The molecule has 2 rings (SSSR count). The predicted molar refractivity (Wildman–Crippen MR) is 85.8 cm³/mol. The van der Waals surface area contributed by atoms with E-state index in [2.05, 4.69) is 10.1 Å². The van der Waals surface area contributed by atoms with Gasteiger partial charge in [-0.1, -0.05) is 24.3 Å². The van der Waals surface area contributed by atoms with E-state index in [1.807, 2.05) is 0 Å². The Morgan fingerprint density at radius 3 is 2.27 bits per heavy atom. The second-order valence-corrected chi connectivity index (χ2v) is 5.56. The molecule has 0 aliphatic rings. The number of benzene rings is 2. The molecule has 0 radical (unpaired) electrons. The molecule has 0 spiro atoms. The van der Waals surface area contributed by atoms with Crippen LogP contribution in [0.4, 0.5) is 17.6 Å². The lowest BCUT2D eigenvalue weighted by atomic mass is 10.1. The van der Waals surface area contributed by atoms with Crippen molar-refractivity contribution in [2.75, 3.05) is 6.54 Å². The molecular weight excluding hydrogens is 354 g/mol. The fraction of sp³-hybridized carbons (Fsp3) is 0.278. The van der Waals surface area contributed by atoms with Gasteiger partial charge >= 0.3 is 6.36 Å². The molecule has 1 atom stereocenters. The standard InChI is InChI=1S/C18H17F4NO3/c19-14-6-1-12(2-7-14)3-10-17(25)23-11-16(24)13-4-8-15(9-5-13)26-18(20,21)22/h1-2,4-9,16,24H,3,10-11H2,(H,23,25). The van der Waals surface area contributed by atoms with Crippen LogP contribution in [0.5, 0.6) is 5.75 Å². The highest BCUT2D eigenvalue weighted by atomic mass is 19.4. The van der Waals surface area contributed by atoms with Gasteiger partial charge in [-0.3, -0.25) is 4.79 Å². The van der Waals surface area contributed by atoms with E-state index in [1.165, 1.54) is 24.3 Å². The Morgan fingerprint density at radius 1 is 1.08 bits per heavy atom. The lowest BCUT2D eigenvalue weighted by Crippen LogP contribution is -2.28. The van der Waals surface area contributed by atoms with Gasteiger partial charge in [-0.15, -0.1) is 13.2 Å². The number of aryl methyl sites for hydroxylation is 1. The van der Waals surface area contributed by atoms with Gasteiger partial charge in [0.15, 0.2) is 0 Å². The molecule has 1 unspecified atom stereocenters. The zero-order chi connectivity index (χ0) is 19.2. The number of carbonyl (C=O) groups is 1. The van der Waals surface area contributed by atoms with Gasteiger partial charge in [0.1, 0.15) is 11.6 Å². The molecule has 26 heavy (non-hydrogen) atoms. The second-order valence-electron chi connectivity index (χ2n) is 5.56. The summed E-state index contributed by atoms with van der Waals surface area (Å²) < 4.78 is 52.8. The lowest BCUT2D eigenvalue weighted by molar-refractivity contribution is -0.274. The van der Waals surface area contributed by atoms with E-state index in [4.69, 9.17) is 0 Å². The van der Waals surface area contributed by atoms with Gasteiger partial charge in [-0.05, 0) is 41.8 Å². The van der Waals surface area contributed by atoms with Crippen molar-refractivity contribution in [1.82, 2.24) is 5.32 Å². The van der Waals surface area contributed by atoms with Crippen LogP contribution >= 0.6 is 0 Å². The summed E-state index contributed by atoms with van der Waals surface area (Å²) in [5, 5.41) is 12.5. The monoisotopic (exact) mass is 371 g/mol. The van der Waals surface area contributed by atoms with E-state index < -0.39 is 18.2 Å². The van der Waals surface area contributed by atoms with Crippen molar-refractivity contribution in [1.29, 1.82) is 0 Å². The maximum Gasteiger partial charge on any atom is 0.573 e. The minimum atomic E-state index is -4.78. The highest BCUT2D eigenvalue weighted by molar-refractivity contribution is 5.76. The van der Waals surface area contributed by atoms with E-state index in [-0.39, 0.29) is 24.7 Å². The van der Waals surface area contributed by atoms with Crippen LogP contribution in [0.25, 0.3) is 0 Å². The summed E-state index contributed by atoms with van der Waals surface area (Å²) in [5.41, 5.74) is 1.15. The van der Waals surface area contributed by atoms with Crippen molar-refractivity contribution in [2.24, 2.45) is 0 Å². The maximum atomic E-state index is 12.8. The van der Waals surface area contributed by atoms with Crippen LogP contribution in [0.1, 0.15) is 23.7 Å². The SMILES string of the molecule is O=C(CCc1ccc(F)cc1)NCC(O)c1ccc(OC(F)(F)F)cc1. The molecule has 0 aliphatic carbocycles. The number of ether oxygens (including phenoxy) is 1. The van der Waals surface area contributed by atoms with E-state index in [1.54, 1.807) is 12.1 Å². The number of amides is 1. The average Bonchev–Trinajstić information content (AvgIpc) is 2.58. The molecule has 0 fully saturated rings. The molecule has 1 amide bonds. The topological polar surface area (TPSA) is 58.6 Å². The van der Waals surface area contributed by atoms with E-state index >= 15 is 0 Å². The molecule has 0 heterocycles. The molecule has 2 aromatic rings. The van der Waals surface area contributed by atoms with Gasteiger partial charge in [-0.2, -0.15) is 0 Å². The molecule has 0 aliphatic heterocycles. The van der Waals surface area contributed by atoms with Gasteiger partial charge in [0.25, 0.3) is 0 Å². The minimum Gasteiger partial charge on any atom is -0.406 e. The summed E-state index contributed by atoms with van der Waals surface area (Å²) in [6.45, 7) is -0.0816. The third-order valence-electron chi connectivity index (χ3n) is 3.55. The zero-order valence-electron chi connectivity index (χ0n) is 13.6. The number of rotatable bonds is 7. The Morgan fingerprint density at radius 2 is 1.69 bits per heavy atom. The molecule has 0 saturated heterocycles. The molecule has 4 nitrogen and oxygen atoms in total. The summed E-state index contributed by atoms with van der Waals surface area (Å²) in [5.74, 6) is -1.05. The van der Waals surface area contributed by atoms with Crippen LogP contribution in [-0.4, -0.2) is 23.9 Å². The predicted octanol–water partition coefficient (Wildman–Crippen LogP) is 3.51. The third kappa shape index (κ3) is 6.72. The summed E-state index contributed by atoms with van der Waals surface area (Å²) in [6, 6.07) is 10.5. The second kappa shape index (κ2) is 8.66. The molecule has 140 valence electrons. The number of carbonyl (C=O) groups excluding carboxylic acids is 1. The highest BCUT2D eigenvalue weighted by Gasteiger charge is 2.31.